The lowest BCUT2D eigenvalue weighted by molar-refractivity contribution is 0.0814. The highest BCUT2D eigenvalue weighted by Gasteiger charge is 2.28. The molecule has 0 radical (unpaired) electrons. The van der Waals surface area contributed by atoms with Crippen LogP contribution in [0.15, 0.2) is 0 Å². The topological polar surface area (TPSA) is 35.2 Å². The number of hydrogen-bond acceptors (Lipinski definition) is 2. The fourth-order valence-corrected chi connectivity index (χ4v) is 1.06. The second-order valence-electron chi connectivity index (χ2n) is 2.54. The summed E-state index contributed by atoms with van der Waals surface area (Å²) in [5.41, 5.74) is 5.19. The molecule has 1 rings (SSSR count). The molecule has 0 amide bonds. The van der Waals surface area contributed by atoms with Gasteiger partial charge in [-0.2, -0.15) is 0 Å². The Labute approximate surface area is 58.3 Å². The van der Waals surface area contributed by atoms with Gasteiger partial charge in [-0.05, 0) is 6.42 Å². The summed E-state index contributed by atoms with van der Waals surface area (Å²) < 4.78 is 28.7. The van der Waals surface area contributed by atoms with E-state index in [0.717, 1.165) is 0 Å². The Morgan fingerprint density at radius 3 is 2.60 bits per heavy atom. The van der Waals surface area contributed by atoms with Crippen molar-refractivity contribution < 1.29 is 13.5 Å². The van der Waals surface area contributed by atoms with Crippen LogP contribution < -0.4 is 5.73 Å². The highest BCUT2D eigenvalue weighted by Crippen LogP contribution is 2.19. The van der Waals surface area contributed by atoms with Crippen LogP contribution in [0.5, 0.6) is 0 Å². The molecular weight excluding hydrogens is 140 g/mol. The van der Waals surface area contributed by atoms with Gasteiger partial charge in [0.25, 0.3) is 6.43 Å². The van der Waals surface area contributed by atoms with Crippen LogP contribution in [-0.4, -0.2) is 25.7 Å². The van der Waals surface area contributed by atoms with E-state index in [1.807, 2.05) is 0 Å². The summed E-state index contributed by atoms with van der Waals surface area (Å²) >= 11 is 0. The molecule has 2 nitrogen and oxygen atoms in total. The van der Waals surface area contributed by atoms with Crippen molar-refractivity contribution in [3.63, 3.8) is 0 Å². The second kappa shape index (κ2) is 3.25. The van der Waals surface area contributed by atoms with Crippen molar-refractivity contribution in [3.8, 4) is 0 Å². The highest BCUT2D eigenvalue weighted by atomic mass is 19.3. The fraction of sp³-hybridized carbons (Fsp3) is 1.00. The van der Waals surface area contributed by atoms with Crippen LogP contribution in [-0.2, 0) is 4.74 Å². The van der Waals surface area contributed by atoms with Crippen molar-refractivity contribution in [2.75, 3.05) is 13.2 Å². The van der Waals surface area contributed by atoms with Crippen LogP contribution in [0.25, 0.3) is 0 Å². The SMILES string of the molecule is NC(C(F)F)C1CCOC1. The van der Waals surface area contributed by atoms with Crippen LogP contribution >= 0.6 is 0 Å². The largest absolute Gasteiger partial charge is 0.381 e. The molecule has 60 valence electrons. The molecule has 1 fully saturated rings. The van der Waals surface area contributed by atoms with E-state index in [2.05, 4.69) is 0 Å². The normalized spacial score (nSPS) is 29.4. The first-order chi connectivity index (χ1) is 4.72. The maximum absolute atomic E-state index is 11.9. The van der Waals surface area contributed by atoms with Crippen molar-refractivity contribution >= 4 is 0 Å². The predicted molar refractivity (Wildman–Crippen MR) is 32.9 cm³/mol. The van der Waals surface area contributed by atoms with Gasteiger partial charge in [0.05, 0.1) is 12.6 Å². The third kappa shape index (κ3) is 1.64. The summed E-state index contributed by atoms with van der Waals surface area (Å²) in [5.74, 6) is -0.139. The third-order valence-electron chi connectivity index (χ3n) is 1.80. The lowest BCUT2D eigenvalue weighted by Crippen LogP contribution is -2.37. The minimum Gasteiger partial charge on any atom is -0.381 e. The molecule has 0 aliphatic carbocycles. The lowest BCUT2D eigenvalue weighted by atomic mass is 10.0. The quantitative estimate of drug-likeness (QED) is 0.627. The average molecular weight is 151 g/mol. The summed E-state index contributed by atoms with van der Waals surface area (Å²) in [6, 6.07) is -0.998. The van der Waals surface area contributed by atoms with Crippen molar-refractivity contribution in [2.24, 2.45) is 11.7 Å². The smallest absolute Gasteiger partial charge is 0.253 e. The van der Waals surface area contributed by atoms with Gasteiger partial charge in [-0.1, -0.05) is 0 Å². The molecule has 1 aliphatic heterocycles. The molecule has 0 aromatic rings. The number of alkyl halides is 2. The Bertz CT molecular complexity index is 104. The molecule has 2 N–H and O–H groups in total. The molecule has 0 spiro atoms. The fourth-order valence-electron chi connectivity index (χ4n) is 1.06. The van der Waals surface area contributed by atoms with E-state index < -0.39 is 12.5 Å². The average Bonchev–Trinajstić information content (AvgIpc) is 2.36. The van der Waals surface area contributed by atoms with Gasteiger partial charge < -0.3 is 10.5 Å². The van der Waals surface area contributed by atoms with Gasteiger partial charge in [-0.25, -0.2) is 8.78 Å². The van der Waals surface area contributed by atoms with Gasteiger partial charge in [-0.3, -0.25) is 0 Å². The van der Waals surface area contributed by atoms with E-state index in [1.165, 1.54) is 0 Å². The van der Waals surface area contributed by atoms with Crippen LogP contribution in [0.2, 0.25) is 0 Å². The number of halogens is 2. The Balaban J connectivity index is 2.32. The molecule has 2 unspecified atom stereocenters. The molecule has 1 saturated heterocycles. The molecule has 0 bridgehead atoms. The van der Waals surface area contributed by atoms with E-state index >= 15 is 0 Å². The standard InChI is InChI=1S/C6H11F2NO/c7-6(8)5(9)4-1-2-10-3-4/h4-6H,1-3,9H2. The van der Waals surface area contributed by atoms with Crippen molar-refractivity contribution in [1.29, 1.82) is 0 Å². The van der Waals surface area contributed by atoms with E-state index in [0.29, 0.717) is 19.6 Å². The molecule has 10 heavy (non-hydrogen) atoms. The number of rotatable bonds is 2. The highest BCUT2D eigenvalue weighted by molar-refractivity contribution is 4.77. The summed E-state index contributed by atoms with van der Waals surface area (Å²) in [6.45, 7) is 0.969. The van der Waals surface area contributed by atoms with Crippen LogP contribution in [0.3, 0.4) is 0 Å². The molecule has 2 atom stereocenters. The predicted octanol–water partition coefficient (Wildman–Crippen LogP) is 0.615. The minimum atomic E-state index is -2.41. The van der Waals surface area contributed by atoms with Crippen LogP contribution in [0.4, 0.5) is 8.78 Å². The van der Waals surface area contributed by atoms with Gasteiger partial charge in [-0.15, -0.1) is 0 Å². The summed E-state index contributed by atoms with van der Waals surface area (Å²) in [7, 11) is 0. The van der Waals surface area contributed by atoms with Gasteiger partial charge >= 0.3 is 0 Å². The van der Waals surface area contributed by atoms with Gasteiger partial charge in [0.1, 0.15) is 0 Å². The molecular formula is C6H11F2NO. The summed E-state index contributed by atoms with van der Waals surface area (Å²) in [5, 5.41) is 0. The first-order valence-electron chi connectivity index (χ1n) is 3.33. The molecule has 0 aromatic heterocycles. The molecule has 1 heterocycles. The van der Waals surface area contributed by atoms with E-state index in [1.54, 1.807) is 0 Å². The maximum Gasteiger partial charge on any atom is 0.253 e. The Kier molecular flexibility index (Phi) is 2.56. The zero-order valence-corrected chi connectivity index (χ0v) is 5.59. The first-order valence-corrected chi connectivity index (χ1v) is 3.33. The molecule has 4 heteroatoms. The first kappa shape index (κ1) is 7.88. The van der Waals surface area contributed by atoms with Crippen molar-refractivity contribution in [2.45, 2.75) is 18.9 Å². The van der Waals surface area contributed by atoms with Crippen LogP contribution in [0, 0.1) is 5.92 Å². The van der Waals surface area contributed by atoms with Crippen molar-refractivity contribution in [3.05, 3.63) is 0 Å². The van der Waals surface area contributed by atoms with Crippen molar-refractivity contribution in [1.82, 2.24) is 0 Å². The molecule has 0 saturated carbocycles. The summed E-state index contributed by atoms with van der Waals surface area (Å²) in [4.78, 5) is 0. The van der Waals surface area contributed by atoms with Gasteiger partial charge in [0, 0.05) is 12.5 Å². The van der Waals surface area contributed by atoms with Gasteiger partial charge in [0.2, 0.25) is 0 Å². The zero-order chi connectivity index (χ0) is 7.56. The van der Waals surface area contributed by atoms with Crippen LogP contribution in [0.1, 0.15) is 6.42 Å². The van der Waals surface area contributed by atoms with E-state index in [4.69, 9.17) is 10.5 Å². The van der Waals surface area contributed by atoms with E-state index in [-0.39, 0.29) is 5.92 Å². The Hall–Kier alpha value is -0.220. The van der Waals surface area contributed by atoms with E-state index in [9.17, 15) is 8.78 Å². The van der Waals surface area contributed by atoms with Gasteiger partial charge in [0.15, 0.2) is 0 Å². The molecule has 0 aromatic carbocycles. The number of nitrogens with two attached hydrogens (primary N) is 1. The monoisotopic (exact) mass is 151 g/mol. The second-order valence-corrected chi connectivity index (χ2v) is 2.54. The number of hydrogen-bond donors (Lipinski definition) is 1. The Morgan fingerprint density at radius 2 is 2.20 bits per heavy atom. The zero-order valence-electron chi connectivity index (χ0n) is 5.59. The lowest BCUT2D eigenvalue weighted by Gasteiger charge is -2.15. The minimum absolute atomic E-state index is 0.139. The molecule has 1 aliphatic rings. The maximum atomic E-state index is 11.9. The third-order valence-corrected chi connectivity index (χ3v) is 1.80. The summed E-state index contributed by atoms with van der Waals surface area (Å²) in [6.07, 6.45) is -1.74. The Morgan fingerprint density at radius 1 is 1.50 bits per heavy atom. The number of ether oxygens (including phenoxy) is 1.